The Bertz CT molecular complexity index is 457. The molecule has 0 radical (unpaired) electrons. The summed E-state index contributed by atoms with van der Waals surface area (Å²) in [5.41, 5.74) is -0.382. The minimum Gasteiger partial charge on any atom is -0.469 e. The molecule has 1 heterocycles. The fourth-order valence-corrected chi connectivity index (χ4v) is 4.91. The zero-order chi connectivity index (χ0) is 14.8. The Morgan fingerprint density at radius 3 is 2.70 bits per heavy atom. The van der Waals surface area contributed by atoms with E-state index in [1.165, 1.54) is 7.11 Å². The van der Waals surface area contributed by atoms with E-state index >= 15 is 0 Å². The lowest BCUT2D eigenvalue weighted by Gasteiger charge is -2.30. The summed E-state index contributed by atoms with van der Waals surface area (Å²) in [6.45, 7) is 2.05. The number of hydrogen-bond acceptors (Lipinski definition) is 6. The van der Waals surface area contributed by atoms with E-state index in [1.807, 2.05) is 7.05 Å². The largest absolute Gasteiger partial charge is 0.469 e. The number of likely N-dealkylation sites (N-methyl/N-ethyl adjacent to an activating group) is 1. The van der Waals surface area contributed by atoms with Gasteiger partial charge in [0, 0.05) is 13.1 Å². The van der Waals surface area contributed by atoms with Crippen LogP contribution in [0.5, 0.6) is 0 Å². The molecule has 1 atom stereocenters. The van der Waals surface area contributed by atoms with Crippen LogP contribution in [-0.4, -0.2) is 70.8 Å². The number of esters is 1. The van der Waals surface area contributed by atoms with Gasteiger partial charge in [-0.1, -0.05) is 0 Å². The number of rotatable bonds is 6. The second-order valence-corrected chi connectivity index (χ2v) is 8.17. The van der Waals surface area contributed by atoms with Crippen molar-refractivity contribution in [1.29, 1.82) is 0 Å². The first-order valence-electron chi connectivity index (χ1n) is 6.92. The molecule has 0 bridgehead atoms. The molecule has 1 aliphatic heterocycles. The molecule has 0 aromatic rings. The number of morpholine rings is 1. The van der Waals surface area contributed by atoms with Crippen molar-refractivity contribution in [3.8, 4) is 0 Å². The van der Waals surface area contributed by atoms with Gasteiger partial charge >= 0.3 is 5.97 Å². The topological polar surface area (TPSA) is 72.9 Å². The van der Waals surface area contributed by atoms with Crippen LogP contribution in [0.1, 0.15) is 19.3 Å². The predicted octanol–water partition coefficient (Wildman–Crippen LogP) is 0.0751. The lowest BCUT2D eigenvalue weighted by molar-refractivity contribution is -0.141. The normalized spacial score (nSPS) is 26.2. The Kier molecular flexibility index (Phi) is 4.71. The quantitative estimate of drug-likeness (QED) is 0.647. The van der Waals surface area contributed by atoms with E-state index in [9.17, 15) is 13.2 Å². The molecule has 0 spiro atoms. The van der Waals surface area contributed by atoms with Crippen LogP contribution in [0.4, 0.5) is 0 Å². The number of nitrogens with zero attached hydrogens (tertiary/aromatic N) is 1. The van der Waals surface area contributed by atoms with Gasteiger partial charge in [0.25, 0.3) is 0 Å². The van der Waals surface area contributed by atoms with Crippen LogP contribution in [0, 0.1) is 5.41 Å². The average Bonchev–Trinajstić information content (AvgIpc) is 3.06. The molecule has 7 heteroatoms. The number of ether oxygens (including phenoxy) is 2. The summed E-state index contributed by atoms with van der Waals surface area (Å²) in [4.78, 5) is 13.4. The fraction of sp³-hybridized carbons (Fsp3) is 0.923. The van der Waals surface area contributed by atoms with Crippen molar-refractivity contribution in [1.82, 2.24) is 4.90 Å². The highest BCUT2D eigenvalue weighted by molar-refractivity contribution is 7.91. The third-order valence-electron chi connectivity index (χ3n) is 4.01. The van der Waals surface area contributed by atoms with E-state index in [-0.39, 0.29) is 35.4 Å². The average molecular weight is 305 g/mol. The van der Waals surface area contributed by atoms with Crippen molar-refractivity contribution >= 4 is 15.8 Å². The molecule has 2 fully saturated rings. The highest BCUT2D eigenvalue weighted by atomic mass is 32.2. The summed E-state index contributed by atoms with van der Waals surface area (Å²) >= 11 is 0. The van der Waals surface area contributed by atoms with Gasteiger partial charge in [-0.05, 0) is 25.3 Å². The molecule has 0 aromatic heterocycles. The lowest BCUT2D eigenvalue weighted by Crippen LogP contribution is -2.44. The maximum Gasteiger partial charge on any atom is 0.306 e. The lowest BCUT2D eigenvalue weighted by atomic mass is 10.1. The summed E-state index contributed by atoms with van der Waals surface area (Å²) in [6, 6.07) is 0. The third-order valence-corrected chi connectivity index (χ3v) is 5.94. The molecule has 1 aliphatic carbocycles. The van der Waals surface area contributed by atoms with Crippen molar-refractivity contribution < 1.29 is 22.7 Å². The molecule has 1 saturated carbocycles. The maximum absolute atomic E-state index is 12.3. The SMILES string of the molecule is COC(=O)CC1(CS(=O)(=O)CC2CN(C)CCO2)CC1. The molecular weight excluding hydrogens is 282 g/mol. The molecule has 1 unspecified atom stereocenters. The van der Waals surface area contributed by atoms with Crippen molar-refractivity contribution in [3.05, 3.63) is 0 Å². The molecule has 0 N–H and O–H groups in total. The van der Waals surface area contributed by atoms with Gasteiger partial charge in [-0.2, -0.15) is 0 Å². The number of hydrogen-bond donors (Lipinski definition) is 0. The Balaban J connectivity index is 1.89. The van der Waals surface area contributed by atoms with Gasteiger partial charge in [0.15, 0.2) is 9.84 Å². The standard InChI is InChI=1S/C13H23NO5S/c1-14-5-6-19-11(8-14)9-20(16,17)10-13(3-4-13)7-12(15)18-2/h11H,3-10H2,1-2H3. The number of carbonyl (C=O) groups is 1. The smallest absolute Gasteiger partial charge is 0.306 e. The molecule has 116 valence electrons. The zero-order valence-corrected chi connectivity index (χ0v) is 12.9. The van der Waals surface area contributed by atoms with Crippen molar-refractivity contribution in [2.75, 3.05) is 45.4 Å². The Labute approximate surface area is 120 Å². The maximum atomic E-state index is 12.3. The van der Waals surface area contributed by atoms with E-state index in [4.69, 9.17) is 4.74 Å². The van der Waals surface area contributed by atoms with E-state index in [1.54, 1.807) is 0 Å². The number of methoxy groups -OCH3 is 1. The molecule has 6 nitrogen and oxygen atoms in total. The van der Waals surface area contributed by atoms with E-state index in [2.05, 4.69) is 9.64 Å². The van der Waals surface area contributed by atoms with Gasteiger partial charge in [-0.25, -0.2) is 8.42 Å². The molecule has 20 heavy (non-hydrogen) atoms. The second-order valence-electron chi connectivity index (χ2n) is 6.06. The van der Waals surface area contributed by atoms with Crippen molar-refractivity contribution in [3.63, 3.8) is 0 Å². The van der Waals surface area contributed by atoms with Crippen LogP contribution < -0.4 is 0 Å². The van der Waals surface area contributed by atoms with Crippen molar-refractivity contribution in [2.24, 2.45) is 5.41 Å². The summed E-state index contributed by atoms with van der Waals surface area (Å²) in [6.07, 6.45) is 1.51. The molecule has 0 amide bonds. The van der Waals surface area contributed by atoms with Crippen LogP contribution in [-0.2, 0) is 24.1 Å². The molecule has 2 rings (SSSR count). The minimum absolute atomic E-state index is 0.0419. The molecular formula is C13H23NO5S. The molecule has 0 aromatic carbocycles. The molecule has 1 saturated heterocycles. The minimum atomic E-state index is -3.21. The Morgan fingerprint density at radius 2 is 2.15 bits per heavy atom. The van der Waals surface area contributed by atoms with Gasteiger partial charge < -0.3 is 14.4 Å². The van der Waals surface area contributed by atoms with E-state index in [0.717, 1.165) is 19.4 Å². The van der Waals surface area contributed by atoms with Crippen LogP contribution in [0.15, 0.2) is 0 Å². The van der Waals surface area contributed by atoms with E-state index in [0.29, 0.717) is 13.2 Å². The van der Waals surface area contributed by atoms with Gasteiger partial charge in [0.2, 0.25) is 0 Å². The monoisotopic (exact) mass is 305 g/mol. The first kappa shape index (κ1) is 15.7. The van der Waals surface area contributed by atoms with Crippen LogP contribution in [0.25, 0.3) is 0 Å². The fourth-order valence-electron chi connectivity index (χ4n) is 2.70. The van der Waals surface area contributed by atoms with Crippen LogP contribution >= 0.6 is 0 Å². The van der Waals surface area contributed by atoms with Gasteiger partial charge in [0.1, 0.15) is 0 Å². The molecule has 2 aliphatic rings. The summed E-state index contributed by atoms with van der Waals surface area (Å²) < 4.78 is 34.7. The highest BCUT2D eigenvalue weighted by Crippen LogP contribution is 2.50. The van der Waals surface area contributed by atoms with Crippen LogP contribution in [0.2, 0.25) is 0 Å². The Morgan fingerprint density at radius 1 is 1.45 bits per heavy atom. The van der Waals surface area contributed by atoms with Crippen molar-refractivity contribution in [2.45, 2.75) is 25.4 Å². The number of carbonyl (C=O) groups excluding carboxylic acids is 1. The predicted molar refractivity (Wildman–Crippen MR) is 74.2 cm³/mol. The Hall–Kier alpha value is -0.660. The van der Waals surface area contributed by atoms with E-state index < -0.39 is 9.84 Å². The summed E-state index contributed by atoms with van der Waals surface area (Å²) in [7, 11) is 0.0790. The highest BCUT2D eigenvalue weighted by Gasteiger charge is 2.48. The zero-order valence-electron chi connectivity index (χ0n) is 12.1. The number of sulfone groups is 1. The van der Waals surface area contributed by atoms with Gasteiger partial charge in [-0.3, -0.25) is 4.79 Å². The van der Waals surface area contributed by atoms with Gasteiger partial charge in [0.05, 0.1) is 37.7 Å². The first-order valence-corrected chi connectivity index (χ1v) is 8.74. The van der Waals surface area contributed by atoms with Gasteiger partial charge in [-0.15, -0.1) is 0 Å². The first-order chi connectivity index (χ1) is 9.34. The summed E-state index contributed by atoms with van der Waals surface area (Å²) in [5.74, 6) is -0.217. The van der Waals surface area contributed by atoms with Crippen LogP contribution in [0.3, 0.4) is 0 Å². The second kappa shape index (κ2) is 5.99. The summed E-state index contributed by atoms with van der Waals surface area (Å²) in [5, 5.41) is 0. The third kappa shape index (κ3) is 4.43.